The molecule has 0 aromatic heterocycles. The van der Waals surface area contributed by atoms with Gasteiger partial charge in [0, 0.05) is 7.05 Å². The Kier molecular flexibility index (Phi) is 5.14. The Morgan fingerprint density at radius 1 is 1.33 bits per heavy atom. The molecule has 1 heterocycles. The van der Waals surface area contributed by atoms with Crippen molar-refractivity contribution in [2.75, 3.05) is 20.1 Å². The number of carboxylic acids is 1. The predicted molar refractivity (Wildman–Crippen MR) is 69.3 cm³/mol. The maximum Gasteiger partial charge on any atom is 0.326 e. The van der Waals surface area contributed by atoms with Gasteiger partial charge in [0.2, 0.25) is 5.91 Å². The molecule has 5 heteroatoms. The molecule has 1 fully saturated rings. The SMILES string of the molecule is CCC(C(=O)O)N(C)C(=O)C1(CC)CCNCC1. The van der Waals surface area contributed by atoms with Crippen LogP contribution in [-0.2, 0) is 9.59 Å². The second-order valence-electron chi connectivity index (χ2n) is 5.06. The third kappa shape index (κ3) is 2.83. The summed E-state index contributed by atoms with van der Waals surface area (Å²) in [6.45, 7) is 5.47. The highest BCUT2D eigenvalue weighted by molar-refractivity contribution is 5.87. The van der Waals surface area contributed by atoms with Gasteiger partial charge >= 0.3 is 5.97 Å². The molecule has 0 radical (unpaired) electrons. The Labute approximate surface area is 109 Å². The lowest BCUT2D eigenvalue weighted by molar-refractivity contribution is -0.155. The number of hydrogen-bond donors (Lipinski definition) is 2. The third-order valence-electron chi connectivity index (χ3n) is 4.15. The van der Waals surface area contributed by atoms with E-state index in [2.05, 4.69) is 5.32 Å². The number of likely N-dealkylation sites (N-methyl/N-ethyl adjacent to an activating group) is 1. The van der Waals surface area contributed by atoms with Crippen molar-refractivity contribution < 1.29 is 14.7 Å². The second-order valence-corrected chi connectivity index (χ2v) is 5.06. The average Bonchev–Trinajstić information content (AvgIpc) is 2.38. The summed E-state index contributed by atoms with van der Waals surface area (Å²) in [7, 11) is 1.62. The number of amides is 1. The van der Waals surface area contributed by atoms with Crippen LogP contribution in [0.2, 0.25) is 0 Å². The Bertz CT molecular complexity index is 311. The Balaban J connectivity index is 2.86. The molecule has 5 nitrogen and oxygen atoms in total. The van der Waals surface area contributed by atoms with Crippen LogP contribution in [0, 0.1) is 5.41 Å². The van der Waals surface area contributed by atoms with E-state index in [1.54, 1.807) is 14.0 Å². The van der Waals surface area contributed by atoms with Crippen LogP contribution in [0.25, 0.3) is 0 Å². The maximum absolute atomic E-state index is 12.6. The summed E-state index contributed by atoms with van der Waals surface area (Å²) in [4.78, 5) is 25.2. The molecule has 0 spiro atoms. The molecule has 104 valence electrons. The van der Waals surface area contributed by atoms with Gasteiger partial charge in [-0.25, -0.2) is 4.79 Å². The molecular formula is C13H24N2O3. The lowest BCUT2D eigenvalue weighted by atomic mass is 9.75. The normalized spacial score (nSPS) is 20.2. The smallest absolute Gasteiger partial charge is 0.326 e. The van der Waals surface area contributed by atoms with Crippen LogP contribution in [0.3, 0.4) is 0 Å². The fraction of sp³-hybridized carbons (Fsp3) is 0.846. The monoisotopic (exact) mass is 256 g/mol. The zero-order valence-electron chi connectivity index (χ0n) is 11.5. The fourth-order valence-electron chi connectivity index (χ4n) is 2.75. The number of nitrogens with one attached hydrogen (secondary N) is 1. The number of hydrogen-bond acceptors (Lipinski definition) is 3. The average molecular weight is 256 g/mol. The quantitative estimate of drug-likeness (QED) is 0.772. The Morgan fingerprint density at radius 2 is 1.89 bits per heavy atom. The molecule has 1 amide bonds. The number of carbonyl (C=O) groups is 2. The van der Waals surface area contributed by atoms with E-state index < -0.39 is 12.0 Å². The van der Waals surface area contributed by atoms with Gasteiger partial charge < -0.3 is 15.3 Å². The van der Waals surface area contributed by atoms with Crippen molar-refractivity contribution in [1.82, 2.24) is 10.2 Å². The van der Waals surface area contributed by atoms with Crippen LogP contribution in [0.4, 0.5) is 0 Å². The number of carboxylic acid groups (broad SMARTS) is 1. The van der Waals surface area contributed by atoms with E-state index in [-0.39, 0.29) is 11.3 Å². The zero-order valence-corrected chi connectivity index (χ0v) is 11.5. The van der Waals surface area contributed by atoms with Crippen molar-refractivity contribution in [1.29, 1.82) is 0 Å². The lowest BCUT2D eigenvalue weighted by Gasteiger charge is -2.39. The first-order valence-electron chi connectivity index (χ1n) is 6.69. The molecule has 1 atom stereocenters. The van der Waals surface area contributed by atoms with Crippen molar-refractivity contribution in [2.45, 2.75) is 45.6 Å². The topological polar surface area (TPSA) is 69.6 Å². The predicted octanol–water partition coefficient (Wildman–Crippen LogP) is 1.09. The highest BCUT2D eigenvalue weighted by Crippen LogP contribution is 2.35. The molecule has 0 bridgehead atoms. The van der Waals surface area contributed by atoms with Crippen LogP contribution in [0.1, 0.15) is 39.5 Å². The van der Waals surface area contributed by atoms with E-state index in [0.717, 1.165) is 32.4 Å². The van der Waals surface area contributed by atoms with Gasteiger partial charge in [-0.2, -0.15) is 0 Å². The van der Waals surface area contributed by atoms with Gasteiger partial charge in [-0.1, -0.05) is 13.8 Å². The molecule has 18 heavy (non-hydrogen) atoms. The van der Waals surface area contributed by atoms with Crippen LogP contribution < -0.4 is 5.32 Å². The van der Waals surface area contributed by atoms with Crippen LogP contribution in [0.15, 0.2) is 0 Å². The summed E-state index contributed by atoms with van der Waals surface area (Å²) >= 11 is 0. The highest BCUT2D eigenvalue weighted by Gasteiger charge is 2.41. The van der Waals surface area contributed by atoms with Crippen molar-refractivity contribution in [3.63, 3.8) is 0 Å². The number of piperidine rings is 1. The number of nitrogens with zero attached hydrogens (tertiary/aromatic N) is 1. The van der Waals surface area contributed by atoms with E-state index in [9.17, 15) is 9.59 Å². The minimum absolute atomic E-state index is 0.0132. The molecule has 2 N–H and O–H groups in total. The summed E-state index contributed by atoms with van der Waals surface area (Å²) in [5.41, 5.74) is -0.372. The second kappa shape index (κ2) is 6.18. The van der Waals surface area contributed by atoms with Crippen molar-refractivity contribution >= 4 is 11.9 Å². The van der Waals surface area contributed by atoms with Gasteiger partial charge in [0.15, 0.2) is 0 Å². The summed E-state index contributed by atoms with van der Waals surface area (Å²) in [5.74, 6) is -0.936. The summed E-state index contributed by atoms with van der Waals surface area (Å²) in [6, 6.07) is -0.712. The molecule has 0 aromatic rings. The van der Waals surface area contributed by atoms with Gasteiger partial charge in [0.05, 0.1) is 5.41 Å². The van der Waals surface area contributed by atoms with Crippen molar-refractivity contribution in [3.8, 4) is 0 Å². The zero-order chi connectivity index (χ0) is 13.8. The van der Waals surface area contributed by atoms with Crippen LogP contribution >= 0.6 is 0 Å². The van der Waals surface area contributed by atoms with Crippen molar-refractivity contribution in [3.05, 3.63) is 0 Å². The van der Waals surface area contributed by atoms with Crippen molar-refractivity contribution in [2.24, 2.45) is 5.41 Å². The van der Waals surface area contributed by atoms with E-state index >= 15 is 0 Å². The minimum atomic E-state index is -0.923. The first kappa shape index (κ1) is 15.0. The van der Waals surface area contributed by atoms with Gasteiger partial charge in [-0.15, -0.1) is 0 Å². The van der Waals surface area contributed by atoms with Gasteiger partial charge in [0.1, 0.15) is 6.04 Å². The first-order valence-corrected chi connectivity index (χ1v) is 6.69. The van der Waals surface area contributed by atoms with Gasteiger partial charge in [-0.05, 0) is 38.8 Å². The number of rotatable bonds is 5. The first-order chi connectivity index (χ1) is 8.48. The molecule has 0 saturated carbocycles. The molecule has 1 saturated heterocycles. The molecule has 1 aliphatic rings. The van der Waals surface area contributed by atoms with Crippen LogP contribution in [0.5, 0.6) is 0 Å². The van der Waals surface area contributed by atoms with Gasteiger partial charge in [0.25, 0.3) is 0 Å². The molecule has 1 unspecified atom stereocenters. The third-order valence-corrected chi connectivity index (χ3v) is 4.15. The Morgan fingerprint density at radius 3 is 2.28 bits per heavy atom. The van der Waals surface area contributed by atoms with E-state index in [1.165, 1.54) is 4.90 Å². The molecule has 1 aliphatic heterocycles. The summed E-state index contributed by atoms with van der Waals surface area (Å²) in [6.07, 6.45) is 2.80. The fourth-order valence-corrected chi connectivity index (χ4v) is 2.75. The maximum atomic E-state index is 12.6. The Hall–Kier alpha value is -1.10. The lowest BCUT2D eigenvalue weighted by Crippen LogP contribution is -2.52. The minimum Gasteiger partial charge on any atom is -0.480 e. The number of aliphatic carboxylic acids is 1. The van der Waals surface area contributed by atoms with E-state index in [4.69, 9.17) is 5.11 Å². The highest BCUT2D eigenvalue weighted by atomic mass is 16.4. The molecule has 0 aliphatic carbocycles. The number of carbonyl (C=O) groups excluding carboxylic acids is 1. The standard InChI is InChI=1S/C13H24N2O3/c1-4-10(11(16)17)15(3)12(18)13(5-2)6-8-14-9-7-13/h10,14H,4-9H2,1-3H3,(H,16,17). The van der Waals surface area contributed by atoms with Crippen LogP contribution in [-0.4, -0.2) is 48.1 Å². The molecule has 1 rings (SSSR count). The molecular weight excluding hydrogens is 232 g/mol. The summed E-state index contributed by atoms with van der Waals surface area (Å²) < 4.78 is 0. The molecule has 0 aromatic carbocycles. The van der Waals surface area contributed by atoms with Gasteiger partial charge in [-0.3, -0.25) is 4.79 Å². The van der Waals surface area contributed by atoms with E-state index in [1.807, 2.05) is 6.92 Å². The summed E-state index contributed by atoms with van der Waals surface area (Å²) in [5, 5.41) is 12.4. The largest absolute Gasteiger partial charge is 0.480 e. The van der Waals surface area contributed by atoms with E-state index in [0.29, 0.717) is 6.42 Å².